The first kappa shape index (κ1) is 27.5. The summed E-state index contributed by atoms with van der Waals surface area (Å²) in [6, 6.07) is 23.2. The van der Waals surface area contributed by atoms with Crippen LogP contribution >= 0.6 is 0 Å². The summed E-state index contributed by atoms with van der Waals surface area (Å²) in [5.41, 5.74) is 1.29. The van der Waals surface area contributed by atoms with Crippen molar-refractivity contribution in [2.24, 2.45) is 23.7 Å². The Hall–Kier alpha value is -1.09. The van der Waals surface area contributed by atoms with Crippen LogP contribution in [0.4, 0.5) is 0 Å². The van der Waals surface area contributed by atoms with Gasteiger partial charge in [-0.05, 0) is 11.8 Å². The number of hydrogen-bond acceptors (Lipinski definition) is 0. The molecule has 0 nitrogen and oxygen atoms in total. The van der Waals surface area contributed by atoms with Gasteiger partial charge in [-0.2, -0.15) is 11.1 Å². The number of fused-ring (bicyclic) bond motifs is 2. The van der Waals surface area contributed by atoms with Gasteiger partial charge in [0.2, 0.25) is 0 Å². The van der Waals surface area contributed by atoms with E-state index in [1.165, 1.54) is 12.8 Å². The first-order valence-corrected chi connectivity index (χ1v) is 14.0. The predicted octanol–water partition coefficient (Wildman–Crippen LogP) is -0.0717. The van der Waals surface area contributed by atoms with E-state index in [-0.39, 0.29) is 46.5 Å². The molecule has 0 bridgehead atoms. The predicted molar refractivity (Wildman–Crippen MR) is 134 cm³/mol. The molecule has 0 amide bonds. The topological polar surface area (TPSA) is 0 Å². The average Bonchev–Trinajstić information content (AvgIpc) is 3.46. The zero-order valence-corrected chi connectivity index (χ0v) is 23.3. The van der Waals surface area contributed by atoms with Gasteiger partial charge in [-0.1, -0.05) is 120 Å². The molecule has 6 unspecified atom stereocenters. The van der Waals surface area contributed by atoms with Crippen molar-refractivity contribution >= 4 is 18.4 Å². The molecule has 0 N–H and O–H groups in total. The van der Waals surface area contributed by atoms with E-state index in [1.807, 2.05) is 0 Å². The van der Waals surface area contributed by atoms with Gasteiger partial charge in [-0.25, -0.2) is 0 Å². The SMILES string of the molecule is C1=CC2[CH-]C([Si](c3ccccc3)(c3ccccc3)C3[CH-]C4C=CC=CC4C3)CC2C=C1.[Cl-].[Cl-].[Ti+4]. The van der Waals surface area contributed by atoms with Crippen molar-refractivity contribution in [1.82, 2.24) is 0 Å². The fourth-order valence-corrected chi connectivity index (χ4v) is 13.3. The van der Waals surface area contributed by atoms with Crippen LogP contribution in [0, 0.1) is 36.5 Å². The van der Waals surface area contributed by atoms with Crippen LogP contribution in [0.15, 0.2) is 109 Å². The Labute approximate surface area is 233 Å². The van der Waals surface area contributed by atoms with E-state index in [1.54, 1.807) is 10.4 Å². The Morgan fingerprint density at radius 3 is 1.32 bits per heavy atom. The number of allylic oxidation sites excluding steroid dienone is 8. The van der Waals surface area contributed by atoms with E-state index in [0.717, 1.165) is 0 Å². The van der Waals surface area contributed by atoms with Crippen molar-refractivity contribution in [3.63, 3.8) is 0 Å². The van der Waals surface area contributed by atoms with Crippen molar-refractivity contribution in [2.45, 2.75) is 23.9 Å². The van der Waals surface area contributed by atoms with Crippen LogP contribution in [0.2, 0.25) is 11.1 Å². The molecule has 0 aliphatic heterocycles. The van der Waals surface area contributed by atoms with Crippen molar-refractivity contribution in [3.05, 3.63) is 122 Å². The van der Waals surface area contributed by atoms with Crippen molar-refractivity contribution in [3.8, 4) is 0 Å². The van der Waals surface area contributed by atoms with Crippen LogP contribution in [0.5, 0.6) is 0 Å². The van der Waals surface area contributed by atoms with E-state index in [4.69, 9.17) is 0 Å². The zero-order valence-electron chi connectivity index (χ0n) is 19.2. The fourth-order valence-electron chi connectivity index (χ4n) is 6.91. The van der Waals surface area contributed by atoms with Crippen molar-refractivity contribution in [2.75, 3.05) is 0 Å². The zero-order chi connectivity index (χ0) is 20.7. The van der Waals surface area contributed by atoms with Gasteiger partial charge in [0.1, 0.15) is 0 Å². The molecule has 0 spiro atoms. The molecule has 172 valence electrons. The number of hydrogen-bond donors (Lipinski definition) is 0. The van der Waals surface area contributed by atoms with Crippen LogP contribution in [-0.2, 0) is 21.7 Å². The molecule has 2 aromatic rings. The molecule has 4 heteroatoms. The largest absolute Gasteiger partial charge is 4.00 e. The summed E-state index contributed by atoms with van der Waals surface area (Å²) in [4.78, 5) is 0. The molecule has 0 radical (unpaired) electrons. The Kier molecular flexibility index (Phi) is 9.51. The van der Waals surface area contributed by atoms with Crippen LogP contribution in [0.25, 0.3) is 0 Å². The molecule has 2 aromatic carbocycles. The number of halogens is 2. The van der Waals surface area contributed by atoms with E-state index in [2.05, 4.69) is 122 Å². The van der Waals surface area contributed by atoms with Gasteiger partial charge >= 0.3 is 21.7 Å². The summed E-state index contributed by atoms with van der Waals surface area (Å²) < 4.78 is 0. The summed E-state index contributed by atoms with van der Waals surface area (Å²) in [5, 5.41) is 3.23. The first-order valence-electron chi connectivity index (χ1n) is 11.9. The normalized spacial score (nSPS) is 30.5. The Morgan fingerprint density at radius 1 is 0.559 bits per heavy atom. The van der Waals surface area contributed by atoms with Crippen LogP contribution in [-0.4, -0.2) is 8.07 Å². The third kappa shape index (κ3) is 4.68. The van der Waals surface area contributed by atoms with E-state index < -0.39 is 8.07 Å². The maximum atomic E-state index is 2.75. The molecule has 0 saturated heterocycles. The molecular weight excluding hydrogens is 507 g/mol. The maximum Gasteiger partial charge on any atom is 4.00 e. The van der Waals surface area contributed by atoms with Gasteiger partial charge in [0, 0.05) is 0 Å². The van der Waals surface area contributed by atoms with Gasteiger partial charge in [0.25, 0.3) is 0 Å². The third-order valence-corrected chi connectivity index (χ3v) is 14.0. The van der Waals surface area contributed by atoms with Gasteiger partial charge in [0.15, 0.2) is 0 Å². The molecule has 4 aliphatic rings. The molecule has 34 heavy (non-hydrogen) atoms. The fraction of sp³-hybridized carbons (Fsp3) is 0.267. The molecule has 2 fully saturated rings. The minimum atomic E-state index is -2.11. The summed E-state index contributed by atoms with van der Waals surface area (Å²) >= 11 is 0. The second kappa shape index (κ2) is 11.8. The molecular formula is C30H30Cl2SiTi. The number of rotatable bonds is 4. The van der Waals surface area contributed by atoms with E-state index in [0.29, 0.717) is 34.8 Å². The summed E-state index contributed by atoms with van der Waals surface area (Å²) in [7, 11) is -2.11. The second-order valence-corrected chi connectivity index (χ2v) is 14.1. The maximum absolute atomic E-state index is 2.75. The smallest absolute Gasteiger partial charge is 1.00 e. The van der Waals surface area contributed by atoms with Gasteiger partial charge < -0.3 is 37.7 Å². The van der Waals surface area contributed by atoms with E-state index >= 15 is 0 Å². The molecule has 2 saturated carbocycles. The van der Waals surface area contributed by atoms with Crippen LogP contribution in [0.3, 0.4) is 0 Å². The Balaban J connectivity index is 0.00000108. The van der Waals surface area contributed by atoms with Crippen molar-refractivity contribution in [1.29, 1.82) is 0 Å². The Bertz CT molecular complexity index is 920. The molecule has 0 heterocycles. The summed E-state index contributed by atoms with van der Waals surface area (Å²) in [6.45, 7) is 0. The van der Waals surface area contributed by atoms with Gasteiger partial charge in [-0.3, -0.25) is 0 Å². The monoisotopic (exact) mass is 536 g/mol. The number of benzene rings is 2. The summed E-state index contributed by atoms with van der Waals surface area (Å²) in [6.07, 6.45) is 26.9. The molecule has 0 aromatic heterocycles. The quantitative estimate of drug-likeness (QED) is 0.379. The van der Waals surface area contributed by atoms with Gasteiger partial charge in [0.05, 0.1) is 8.07 Å². The molecule has 6 rings (SSSR count). The van der Waals surface area contributed by atoms with Gasteiger partial charge in [-0.15, -0.1) is 24.0 Å². The standard InChI is InChI=1S/C30H30Si.2ClH.Ti/c1-3-15-27(16-4-1)31(28-17-5-2-6-18-28,29-19-23-11-7-8-12-24(23)20-29)30-21-25-13-9-10-14-26(25)22-30;;;/h1-19,21,23-26,29-30H,20,22H2;2*1H;/q-2;;;+4/p-2. The second-order valence-electron chi connectivity index (χ2n) is 9.69. The van der Waals surface area contributed by atoms with E-state index in [9.17, 15) is 0 Å². The van der Waals surface area contributed by atoms with Crippen LogP contribution in [0.1, 0.15) is 12.8 Å². The minimum absolute atomic E-state index is 0. The van der Waals surface area contributed by atoms with Crippen LogP contribution < -0.4 is 35.2 Å². The first-order chi connectivity index (χ1) is 15.4. The third-order valence-electron chi connectivity index (χ3n) is 8.23. The minimum Gasteiger partial charge on any atom is -1.00 e. The molecule has 4 aliphatic carbocycles. The molecule has 6 atom stereocenters. The van der Waals surface area contributed by atoms with Crippen molar-refractivity contribution < 1.29 is 46.5 Å². The summed E-state index contributed by atoms with van der Waals surface area (Å²) in [5.74, 6) is 2.52. The average molecular weight is 537 g/mol. The Morgan fingerprint density at radius 2 is 0.941 bits per heavy atom.